The van der Waals surface area contributed by atoms with E-state index in [1.165, 1.54) is 22.3 Å². The molecule has 5 nitrogen and oxygen atoms in total. The third kappa shape index (κ3) is 3.70. The number of carbonyl (C=O) groups is 1. The fourth-order valence-corrected chi connectivity index (χ4v) is 4.96. The van der Waals surface area contributed by atoms with E-state index in [1.807, 2.05) is 12.4 Å². The van der Waals surface area contributed by atoms with Gasteiger partial charge in [0, 0.05) is 41.5 Å². The predicted molar refractivity (Wildman–Crippen MR) is 124 cm³/mol. The lowest BCUT2D eigenvalue weighted by Crippen LogP contribution is -2.48. The highest BCUT2D eigenvalue weighted by molar-refractivity contribution is 14.1. The number of pyridine rings is 1. The number of benzene rings is 2. The van der Waals surface area contributed by atoms with Crippen molar-refractivity contribution in [2.24, 2.45) is 0 Å². The summed E-state index contributed by atoms with van der Waals surface area (Å²) in [5.74, 6) is 0.0833. The number of nitrogens with zero attached hydrogens (tertiary/aromatic N) is 2. The van der Waals surface area contributed by atoms with Gasteiger partial charge in [0.05, 0.1) is 6.04 Å². The van der Waals surface area contributed by atoms with E-state index in [0.717, 1.165) is 15.7 Å². The van der Waals surface area contributed by atoms with E-state index in [-0.39, 0.29) is 18.1 Å². The van der Waals surface area contributed by atoms with E-state index in [2.05, 4.69) is 87.5 Å². The lowest BCUT2D eigenvalue weighted by molar-refractivity contribution is 0.0882. The number of hydrogen-bond donors (Lipinski definition) is 1. The Hall–Kier alpha value is -2.45. The monoisotopic (exact) mass is 511 g/mol. The maximum atomic E-state index is 12.9. The first-order valence-corrected chi connectivity index (χ1v) is 11.2. The lowest BCUT2D eigenvalue weighted by atomic mass is 9.98. The number of fused-ring (bicyclic) bond motifs is 3. The normalized spacial score (nSPS) is 18.0. The van der Waals surface area contributed by atoms with Crippen molar-refractivity contribution in [1.82, 2.24) is 15.2 Å². The second-order valence-electron chi connectivity index (χ2n) is 7.69. The van der Waals surface area contributed by atoms with Crippen LogP contribution in [0.25, 0.3) is 11.1 Å². The van der Waals surface area contributed by atoms with Gasteiger partial charge in [0.15, 0.2) is 0 Å². The minimum absolute atomic E-state index is 0.0708. The van der Waals surface area contributed by atoms with E-state index >= 15 is 0 Å². The van der Waals surface area contributed by atoms with E-state index in [4.69, 9.17) is 4.74 Å². The molecule has 1 N–H and O–H groups in total. The Bertz CT molecular complexity index is 1040. The zero-order chi connectivity index (χ0) is 20.5. The van der Waals surface area contributed by atoms with Crippen molar-refractivity contribution in [2.75, 3.05) is 26.2 Å². The Morgan fingerprint density at radius 1 is 1.10 bits per heavy atom. The summed E-state index contributed by atoms with van der Waals surface area (Å²) in [6.45, 7) is 2.32. The van der Waals surface area contributed by atoms with Crippen LogP contribution < -0.4 is 5.32 Å². The average Bonchev–Trinajstić information content (AvgIpc) is 3.11. The molecule has 2 aromatic carbocycles. The zero-order valence-electron chi connectivity index (χ0n) is 16.4. The fraction of sp³-hybridized carbons (Fsp3) is 0.250. The molecule has 1 aliphatic heterocycles. The van der Waals surface area contributed by atoms with Crippen molar-refractivity contribution in [2.45, 2.75) is 12.0 Å². The Kier molecular flexibility index (Phi) is 5.43. The SMILES string of the molecule is O=C(OCC1c2ccccc2-c2ccccc21)N1CCNC(c2cncc(I)c2)C1. The van der Waals surface area contributed by atoms with Gasteiger partial charge in [0.1, 0.15) is 6.61 Å². The van der Waals surface area contributed by atoms with Crippen LogP contribution >= 0.6 is 22.6 Å². The number of ether oxygens (including phenoxy) is 1. The third-order valence-electron chi connectivity index (χ3n) is 5.90. The average molecular weight is 511 g/mol. The summed E-state index contributed by atoms with van der Waals surface area (Å²) in [7, 11) is 0. The van der Waals surface area contributed by atoms with Crippen molar-refractivity contribution in [3.05, 3.63) is 87.3 Å². The molecule has 0 radical (unpaired) electrons. The molecule has 6 heteroatoms. The van der Waals surface area contributed by atoms with Gasteiger partial charge in [-0.1, -0.05) is 48.5 Å². The van der Waals surface area contributed by atoms with E-state index in [9.17, 15) is 4.79 Å². The van der Waals surface area contributed by atoms with Crippen molar-refractivity contribution in [3.8, 4) is 11.1 Å². The predicted octanol–water partition coefficient (Wildman–Crippen LogP) is 4.58. The molecule has 1 aliphatic carbocycles. The Morgan fingerprint density at radius 3 is 2.50 bits per heavy atom. The molecule has 2 heterocycles. The van der Waals surface area contributed by atoms with Crippen LogP contribution in [-0.2, 0) is 4.74 Å². The van der Waals surface area contributed by atoms with Crippen LogP contribution in [0.2, 0.25) is 0 Å². The molecule has 152 valence electrons. The van der Waals surface area contributed by atoms with E-state index < -0.39 is 0 Å². The van der Waals surface area contributed by atoms with Gasteiger partial charge in [-0.25, -0.2) is 4.79 Å². The van der Waals surface area contributed by atoms with Crippen LogP contribution in [0.4, 0.5) is 4.79 Å². The topological polar surface area (TPSA) is 54.5 Å². The molecule has 5 rings (SSSR count). The van der Waals surface area contributed by atoms with Crippen molar-refractivity contribution >= 4 is 28.7 Å². The number of aromatic nitrogens is 1. The summed E-state index contributed by atoms with van der Waals surface area (Å²) < 4.78 is 6.92. The van der Waals surface area contributed by atoms with Gasteiger partial charge < -0.3 is 15.0 Å². The van der Waals surface area contributed by atoms with Gasteiger partial charge in [-0.2, -0.15) is 0 Å². The number of carbonyl (C=O) groups excluding carboxylic acids is 1. The molecule has 3 aromatic rings. The summed E-state index contributed by atoms with van der Waals surface area (Å²) >= 11 is 2.26. The minimum Gasteiger partial charge on any atom is -0.448 e. The van der Waals surface area contributed by atoms with Crippen molar-refractivity contribution in [1.29, 1.82) is 0 Å². The second kappa shape index (κ2) is 8.35. The highest BCUT2D eigenvalue weighted by Gasteiger charge is 2.31. The molecule has 1 saturated heterocycles. The first-order valence-electron chi connectivity index (χ1n) is 10.1. The Labute approximate surface area is 189 Å². The summed E-state index contributed by atoms with van der Waals surface area (Å²) in [6, 6.07) is 19.0. The molecule has 0 spiro atoms. The van der Waals surface area contributed by atoms with Gasteiger partial charge in [-0.15, -0.1) is 0 Å². The van der Waals surface area contributed by atoms with Gasteiger partial charge in [-0.05, 0) is 56.5 Å². The lowest BCUT2D eigenvalue weighted by Gasteiger charge is -2.33. The fourth-order valence-electron chi connectivity index (χ4n) is 4.44. The number of hydrogen-bond acceptors (Lipinski definition) is 4. The van der Waals surface area contributed by atoms with Crippen LogP contribution in [-0.4, -0.2) is 42.2 Å². The first kappa shape index (κ1) is 19.5. The molecular weight excluding hydrogens is 489 g/mol. The summed E-state index contributed by atoms with van der Waals surface area (Å²) in [5.41, 5.74) is 6.03. The van der Waals surface area contributed by atoms with Gasteiger partial charge in [0.25, 0.3) is 0 Å². The van der Waals surface area contributed by atoms with Gasteiger partial charge >= 0.3 is 6.09 Å². The maximum Gasteiger partial charge on any atom is 0.409 e. The zero-order valence-corrected chi connectivity index (χ0v) is 18.6. The number of nitrogens with one attached hydrogen (secondary N) is 1. The van der Waals surface area contributed by atoms with Crippen molar-refractivity contribution < 1.29 is 9.53 Å². The van der Waals surface area contributed by atoms with Crippen LogP contribution in [0.1, 0.15) is 28.7 Å². The second-order valence-corrected chi connectivity index (χ2v) is 8.94. The number of piperazine rings is 1. The molecule has 0 saturated carbocycles. The molecule has 2 aliphatic rings. The van der Waals surface area contributed by atoms with Crippen LogP contribution in [0.3, 0.4) is 0 Å². The summed E-state index contributed by atoms with van der Waals surface area (Å²) in [4.78, 5) is 19.0. The summed E-state index contributed by atoms with van der Waals surface area (Å²) in [5, 5.41) is 3.48. The van der Waals surface area contributed by atoms with Gasteiger partial charge in [-0.3, -0.25) is 4.98 Å². The molecule has 0 bridgehead atoms. The molecule has 30 heavy (non-hydrogen) atoms. The van der Waals surface area contributed by atoms with Crippen molar-refractivity contribution in [3.63, 3.8) is 0 Å². The number of halogens is 1. The van der Waals surface area contributed by atoms with Crippen LogP contribution in [0.15, 0.2) is 67.0 Å². The minimum atomic E-state index is -0.248. The molecule has 1 amide bonds. The molecule has 1 unspecified atom stereocenters. The highest BCUT2D eigenvalue weighted by atomic mass is 127. The van der Waals surface area contributed by atoms with E-state index in [1.54, 1.807) is 4.90 Å². The quantitative estimate of drug-likeness (QED) is 0.524. The standard InChI is InChI=1S/C24H22IN3O2/c25-17-11-16(12-26-13-17)23-14-28(10-9-27-23)24(29)30-15-22-20-7-3-1-5-18(20)19-6-2-4-8-21(19)22/h1-8,11-13,22-23,27H,9-10,14-15H2. The smallest absolute Gasteiger partial charge is 0.409 e. The highest BCUT2D eigenvalue weighted by Crippen LogP contribution is 2.44. The largest absolute Gasteiger partial charge is 0.448 e. The molecule has 1 atom stereocenters. The van der Waals surface area contributed by atoms with Gasteiger partial charge in [0.2, 0.25) is 0 Å². The van der Waals surface area contributed by atoms with Crippen LogP contribution in [0, 0.1) is 3.57 Å². The maximum absolute atomic E-state index is 12.9. The first-order chi connectivity index (χ1) is 14.7. The molecule has 1 aromatic heterocycles. The van der Waals surface area contributed by atoms with Crippen LogP contribution in [0.5, 0.6) is 0 Å². The van der Waals surface area contributed by atoms with E-state index in [0.29, 0.717) is 19.7 Å². The Balaban J connectivity index is 1.28. The number of rotatable bonds is 3. The summed E-state index contributed by atoms with van der Waals surface area (Å²) in [6.07, 6.45) is 3.44. The molecule has 1 fully saturated rings. The Morgan fingerprint density at radius 2 is 1.80 bits per heavy atom. The number of amides is 1. The third-order valence-corrected chi connectivity index (χ3v) is 6.49. The molecular formula is C24H22IN3O2.